The summed E-state index contributed by atoms with van der Waals surface area (Å²) in [7, 11) is 0. The Bertz CT molecular complexity index is 796. The maximum atomic E-state index is 9.31. The number of nitrogens with zero attached hydrogens (tertiary/aromatic N) is 4. The first-order chi connectivity index (χ1) is 9.70. The highest BCUT2D eigenvalue weighted by molar-refractivity contribution is 6.32. The molecule has 0 amide bonds. The van der Waals surface area contributed by atoms with Crippen molar-refractivity contribution in [3.8, 4) is 0 Å². The second kappa shape index (κ2) is 4.94. The molecule has 0 radical (unpaired) electrons. The molecule has 3 aromatic rings. The van der Waals surface area contributed by atoms with E-state index in [1.807, 2.05) is 43.3 Å². The van der Waals surface area contributed by atoms with E-state index in [1.165, 1.54) is 4.68 Å². The quantitative estimate of drug-likeness (QED) is 0.324. The summed E-state index contributed by atoms with van der Waals surface area (Å²) in [4.78, 5) is 0. The number of halogens is 1. The first-order valence-electron chi connectivity index (χ1n) is 6.00. The molecule has 0 aliphatic rings. The highest BCUT2D eigenvalue weighted by atomic mass is 35.5. The van der Waals surface area contributed by atoms with Crippen molar-refractivity contribution in [2.24, 2.45) is 5.16 Å². The van der Waals surface area contributed by atoms with Crippen molar-refractivity contribution < 1.29 is 5.21 Å². The molecule has 3 rings (SSSR count). The van der Waals surface area contributed by atoms with Crippen LogP contribution in [0.1, 0.15) is 11.1 Å². The third-order valence-corrected chi connectivity index (χ3v) is 3.46. The van der Waals surface area contributed by atoms with Gasteiger partial charge in [-0.05, 0) is 24.6 Å². The lowest BCUT2D eigenvalue weighted by molar-refractivity contribution is 0.316. The SMILES string of the molecule is Cc1cc2c(cc1Cl)nnn2/C(=N\O)c1ccccc1. The maximum absolute atomic E-state index is 9.31. The van der Waals surface area contributed by atoms with Gasteiger partial charge in [-0.15, -0.1) is 5.10 Å². The molecule has 2 aromatic carbocycles. The third kappa shape index (κ3) is 2.02. The van der Waals surface area contributed by atoms with Crippen molar-refractivity contribution >= 4 is 28.5 Å². The van der Waals surface area contributed by atoms with Gasteiger partial charge in [-0.25, -0.2) is 0 Å². The van der Waals surface area contributed by atoms with Crippen LogP contribution in [0, 0.1) is 6.92 Å². The van der Waals surface area contributed by atoms with Gasteiger partial charge >= 0.3 is 0 Å². The predicted octanol–water partition coefficient (Wildman–Crippen LogP) is 3.08. The Kier molecular flexibility index (Phi) is 3.12. The molecule has 100 valence electrons. The first-order valence-corrected chi connectivity index (χ1v) is 6.38. The number of rotatable bonds is 1. The fourth-order valence-electron chi connectivity index (χ4n) is 2.01. The second-order valence-corrected chi connectivity index (χ2v) is 4.79. The zero-order chi connectivity index (χ0) is 14.1. The summed E-state index contributed by atoms with van der Waals surface area (Å²) in [6, 6.07) is 12.9. The Morgan fingerprint density at radius 2 is 2.00 bits per heavy atom. The average molecular weight is 287 g/mol. The van der Waals surface area contributed by atoms with E-state index >= 15 is 0 Å². The molecule has 20 heavy (non-hydrogen) atoms. The maximum Gasteiger partial charge on any atom is 0.201 e. The summed E-state index contributed by atoms with van der Waals surface area (Å²) in [6.07, 6.45) is 0. The van der Waals surface area contributed by atoms with Crippen LogP contribution in [0.4, 0.5) is 0 Å². The molecule has 0 unspecified atom stereocenters. The normalized spacial score (nSPS) is 12.0. The molecule has 0 spiro atoms. The van der Waals surface area contributed by atoms with Gasteiger partial charge in [-0.3, -0.25) is 0 Å². The molecule has 0 fully saturated rings. The summed E-state index contributed by atoms with van der Waals surface area (Å²) < 4.78 is 1.49. The van der Waals surface area contributed by atoms with Gasteiger partial charge in [0.05, 0.1) is 5.52 Å². The number of oxime groups is 1. The van der Waals surface area contributed by atoms with Gasteiger partial charge in [0.2, 0.25) is 5.84 Å². The summed E-state index contributed by atoms with van der Waals surface area (Å²) in [5.41, 5.74) is 3.05. The van der Waals surface area contributed by atoms with Gasteiger partial charge in [0.1, 0.15) is 5.52 Å². The van der Waals surface area contributed by atoms with Crippen LogP contribution in [0.3, 0.4) is 0 Å². The zero-order valence-corrected chi connectivity index (χ0v) is 11.4. The number of hydrogen-bond donors (Lipinski definition) is 1. The van der Waals surface area contributed by atoms with Gasteiger partial charge in [0.25, 0.3) is 0 Å². The van der Waals surface area contributed by atoms with Crippen LogP contribution >= 0.6 is 11.6 Å². The van der Waals surface area contributed by atoms with Gasteiger partial charge in [0.15, 0.2) is 0 Å². The first kappa shape index (κ1) is 12.6. The van der Waals surface area contributed by atoms with Crippen LogP contribution in [0.25, 0.3) is 11.0 Å². The van der Waals surface area contributed by atoms with Crippen molar-refractivity contribution in [3.63, 3.8) is 0 Å². The fraction of sp³-hybridized carbons (Fsp3) is 0.0714. The van der Waals surface area contributed by atoms with Gasteiger partial charge in [-0.1, -0.05) is 52.3 Å². The Labute approximate surface area is 120 Å². The standard InChI is InChI=1S/C14H11ClN4O/c1-9-7-13-12(8-11(9)15)16-18-19(13)14(17-20)10-5-3-2-4-6-10/h2-8,20H,1H3/b17-14-. The van der Waals surface area contributed by atoms with E-state index in [0.29, 0.717) is 16.4 Å². The van der Waals surface area contributed by atoms with Crippen LogP contribution in [0.2, 0.25) is 5.02 Å². The van der Waals surface area contributed by atoms with Crippen molar-refractivity contribution in [3.05, 3.63) is 58.6 Å². The fourth-order valence-corrected chi connectivity index (χ4v) is 2.17. The monoisotopic (exact) mass is 286 g/mol. The molecule has 1 N–H and O–H groups in total. The zero-order valence-electron chi connectivity index (χ0n) is 10.7. The van der Waals surface area contributed by atoms with Crippen molar-refractivity contribution in [2.75, 3.05) is 0 Å². The molecule has 0 atom stereocenters. The average Bonchev–Trinajstić information content (AvgIpc) is 2.85. The largest absolute Gasteiger partial charge is 0.409 e. The number of benzene rings is 2. The molecule has 0 bridgehead atoms. The van der Waals surface area contributed by atoms with Crippen molar-refractivity contribution in [1.29, 1.82) is 0 Å². The lowest BCUT2D eigenvalue weighted by Gasteiger charge is -2.05. The van der Waals surface area contributed by atoms with Crippen molar-refractivity contribution in [1.82, 2.24) is 15.0 Å². The van der Waals surface area contributed by atoms with Crippen molar-refractivity contribution in [2.45, 2.75) is 6.92 Å². The van der Waals surface area contributed by atoms with Gasteiger partial charge < -0.3 is 5.21 Å². The molecule has 6 heteroatoms. The van der Waals surface area contributed by atoms with E-state index in [0.717, 1.165) is 16.6 Å². The van der Waals surface area contributed by atoms with E-state index in [9.17, 15) is 5.21 Å². The van der Waals surface area contributed by atoms with Crippen LogP contribution in [-0.4, -0.2) is 26.0 Å². The van der Waals surface area contributed by atoms with E-state index < -0.39 is 0 Å². The summed E-state index contributed by atoms with van der Waals surface area (Å²) in [6.45, 7) is 1.90. The number of aryl methyl sites for hydroxylation is 1. The summed E-state index contributed by atoms with van der Waals surface area (Å²) in [5, 5.41) is 21.4. The van der Waals surface area contributed by atoms with Gasteiger partial charge in [-0.2, -0.15) is 4.68 Å². The lowest BCUT2D eigenvalue weighted by atomic mass is 10.2. The summed E-state index contributed by atoms with van der Waals surface area (Å²) >= 11 is 6.07. The highest BCUT2D eigenvalue weighted by Crippen LogP contribution is 2.22. The second-order valence-electron chi connectivity index (χ2n) is 4.38. The topological polar surface area (TPSA) is 63.3 Å². The molecular weight excluding hydrogens is 276 g/mol. The molecule has 0 saturated carbocycles. The highest BCUT2D eigenvalue weighted by Gasteiger charge is 2.14. The molecule has 0 saturated heterocycles. The smallest absolute Gasteiger partial charge is 0.201 e. The van der Waals surface area contributed by atoms with Crippen LogP contribution < -0.4 is 0 Å². The van der Waals surface area contributed by atoms with Crippen LogP contribution in [0.5, 0.6) is 0 Å². The minimum absolute atomic E-state index is 0.315. The molecule has 1 heterocycles. The Morgan fingerprint density at radius 1 is 1.25 bits per heavy atom. The van der Waals surface area contributed by atoms with Crippen LogP contribution in [-0.2, 0) is 0 Å². The number of hydrogen-bond acceptors (Lipinski definition) is 4. The molecule has 5 nitrogen and oxygen atoms in total. The molecular formula is C14H11ClN4O. The minimum atomic E-state index is 0.315. The predicted molar refractivity (Wildman–Crippen MR) is 77.4 cm³/mol. The van der Waals surface area contributed by atoms with E-state index in [-0.39, 0.29) is 0 Å². The number of fused-ring (bicyclic) bond motifs is 1. The Balaban J connectivity index is 2.21. The Morgan fingerprint density at radius 3 is 2.70 bits per heavy atom. The van der Waals surface area contributed by atoms with E-state index in [1.54, 1.807) is 6.07 Å². The van der Waals surface area contributed by atoms with E-state index in [2.05, 4.69) is 15.5 Å². The van der Waals surface area contributed by atoms with Crippen LogP contribution in [0.15, 0.2) is 47.6 Å². The van der Waals surface area contributed by atoms with E-state index in [4.69, 9.17) is 11.6 Å². The third-order valence-electron chi connectivity index (χ3n) is 3.05. The Hall–Kier alpha value is -2.40. The molecule has 1 aromatic heterocycles. The summed E-state index contributed by atoms with van der Waals surface area (Å²) in [5.74, 6) is 0.315. The molecule has 0 aliphatic carbocycles. The minimum Gasteiger partial charge on any atom is -0.409 e. The lowest BCUT2D eigenvalue weighted by Crippen LogP contribution is -2.15. The van der Waals surface area contributed by atoms with Gasteiger partial charge in [0, 0.05) is 10.6 Å². The number of aromatic nitrogens is 3. The molecule has 0 aliphatic heterocycles.